The molecule has 1 amide bonds. The molecule has 2 fully saturated rings. The van der Waals surface area contributed by atoms with Crippen LogP contribution in [0.1, 0.15) is 77.3 Å². The third kappa shape index (κ3) is 4.51. The van der Waals surface area contributed by atoms with E-state index in [-0.39, 0.29) is 18.2 Å². The van der Waals surface area contributed by atoms with E-state index in [9.17, 15) is 4.79 Å². The number of anilines is 1. The number of aromatic nitrogens is 1. The first kappa shape index (κ1) is 18.2. The summed E-state index contributed by atoms with van der Waals surface area (Å²) >= 11 is 0. The number of carbonyl (C=O) groups excluding carboxylic acids is 1. The van der Waals surface area contributed by atoms with Gasteiger partial charge in [-0.25, -0.2) is 9.78 Å². The molecule has 1 aliphatic carbocycles. The Morgan fingerprint density at radius 1 is 1.20 bits per heavy atom. The smallest absolute Gasteiger partial charge is 0.416 e. The van der Waals surface area contributed by atoms with Gasteiger partial charge >= 0.3 is 6.09 Å². The van der Waals surface area contributed by atoms with E-state index in [1.165, 1.54) is 6.42 Å². The molecule has 2 heterocycles. The first-order valence-corrected chi connectivity index (χ1v) is 9.66. The van der Waals surface area contributed by atoms with Crippen molar-refractivity contribution in [2.24, 2.45) is 0 Å². The molecular weight excluding hydrogens is 314 g/mol. The van der Waals surface area contributed by atoms with E-state index in [1.807, 2.05) is 31.7 Å². The molecule has 3 rings (SSSR count). The van der Waals surface area contributed by atoms with Gasteiger partial charge in [-0.05, 0) is 59.1 Å². The Morgan fingerprint density at radius 2 is 1.96 bits per heavy atom. The van der Waals surface area contributed by atoms with Crippen LogP contribution in [0.15, 0.2) is 18.3 Å². The molecule has 1 atom stereocenters. The van der Waals surface area contributed by atoms with Crippen molar-refractivity contribution in [1.29, 1.82) is 0 Å². The van der Waals surface area contributed by atoms with Crippen LogP contribution in [0.2, 0.25) is 0 Å². The minimum Gasteiger partial charge on any atom is -0.443 e. The highest BCUT2D eigenvalue weighted by Crippen LogP contribution is 2.34. The lowest BCUT2D eigenvalue weighted by molar-refractivity contribution is 0.0556. The van der Waals surface area contributed by atoms with Gasteiger partial charge in [0, 0.05) is 23.8 Å². The first-order chi connectivity index (χ1) is 12.0. The number of hydrogen-bond donors (Lipinski definition) is 1. The van der Waals surface area contributed by atoms with Crippen LogP contribution in [0, 0.1) is 0 Å². The average molecular weight is 345 g/mol. The van der Waals surface area contributed by atoms with Gasteiger partial charge in [0.15, 0.2) is 0 Å². The van der Waals surface area contributed by atoms with Crippen molar-refractivity contribution in [2.45, 2.75) is 83.4 Å². The fourth-order valence-electron chi connectivity index (χ4n) is 3.89. The molecule has 0 spiro atoms. The summed E-state index contributed by atoms with van der Waals surface area (Å²) in [4.78, 5) is 19.6. The van der Waals surface area contributed by atoms with Crippen molar-refractivity contribution >= 4 is 11.9 Å². The fraction of sp³-hybridized carbons (Fsp3) is 0.700. The molecule has 2 aliphatic rings. The van der Waals surface area contributed by atoms with Gasteiger partial charge in [-0.2, -0.15) is 0 Å². The number of ether oxygens (including phenoxy) is 1. The third-order valence-electron chi connectivity index (χ3n) is 5.01. The predicted octanol–water partition coefficient (Wildman–Crippen LogP) is 4.58. The summed E-state index contributed by atoms with van der Waals surface area (Å²) in [5.74, 6) is 0.781. The number of pyridine rings is 1. The van der Waals surface area contributed by atoms with E-state index in [0.717, 1.165) is 56.5 Å². The molecule has 1 aliphatic heterocycles. The molecule has 1 aromatic rings. The zero-order valence-electron chi connectivity index (χ0n) is 15.8. The lowest BCUT2D eigenvalue weighted by Crippen LogP contribution is -2.45. The van der Waals surface area contributed by atoms with Crippen LogP contribution >= 0.6 is 0 Å². The van der Waals surface area contributed by atoms with Crippen molar-refractivity contribution in [3.63, 3.8) is 0 Å². The molecule has 5 heteroatoms. The minimum atomic E-state index is -0.509. The fourth-order valence-corrected chi connectivity index (χ4v) is 3.89. The molecule has 0 aromatic carbocycles. The van der Waals surface area contributed by atoms with Crippen molar-refractivity contribution < 1.29 is 9.53 Å². The Balaban J connectivity index is 1.94. The molecule has 1 N–H and O–H groups in total. The SMILES string of the molecule is CC(C)(C)OC(=O)N(c1ncccc1[C@H]1CCCN1)C1CCCCC1. The zero-order chi connectivity index (χ0) is 17.9. The minimum absolute atomic E-state index is 0.179. The maximum atomic E-state index is 13.1. The van der Waals surface area contributed by atoms with E-state index in [2.05, 4.69) is 16.4 Å². The summed E-state index contributed by atoms with van der Waals surface area (Å²) in [5, 5.41) is 3.54. The van der Waals surface area contributed by atoms with Gasteiger partial charge in [0.25, 0.3) is 0 Å². The second-order valence-corrected chi connectivity index (χ2v) is 8.21. The number of amides is 1. The van der Waals surface area contributed by atoms with E-state index < -0.39 is 5.60 Å². The summed E-state index contributed by atoms with van der Waals surface area (Å²) in [6, 6.07) is 4.52. The van der Waals surface area contributed by atoms with Gasteiger partial charge in [0.2, 0.25) is 0 Å². The number of hydrogen-bond acceptors (Lipinski definition) is 4. The molecular formula is C20H31N3O2. The number of nitrogens with one attached hydrogen (secondary N) is 1. The molecule has 0 bridgehead atoms. The molecule has 1 aromatic heterocycles. The van der Waals surface area contributed by atoms with Crippen LogP contribution in [-0.2, 0) is 4.74 Å². The number of rotatable bonds is 3. The van der Waals surface area contributed by atoms with Crippen LogP contribution < -0.4 is 10.2 Å². The van der Waals surface area contributed by atoms with Crippen molar-refractivity contribution in [3.05, 3.63) is 23.9 Å². The first-order valence-electron chi connectivity index (χ1n) is 9.66. The maximum Gasteiger partial charge on any atom is 0.416 e. The highest BCUT2D eigenvalue weighted by Gasteiger charge is 2.34. The Hall–Kier alpha value is -1.62. The van der Waals surface area contributed by atoms with Gasteiger partial charge in [-0.15, -0.1) is 0 Å². The van der Waals surface area contributed by atoms with E-state index in [0.29, 0.717) is 0 Å². The molecule has 138 valence electrons. The van der Waals surface area contributed by atoms with Crippen LogP contribution in [0.3, 0.4) is 0 Å². The van der Waals surface area contributed by atoms with Gasteiger partial charge in [0.05, 0.1) is 0 Å². The Morgan fingerprint density at radius 3 is 2.60 bits per heavy atom. The maximum absolute atomic E-state index is 13.1. The number of nitrogens with zero attached hydrogens (tertiary/aromatic N) is 2. The third-order valence-corrected chi connectivity index (χ3v) is 5.01. The van der Waals surface area contributed by atoms with Gasteiger partial charge in [-0.1, -0.05) is 25.3 Å². The van der Waals surface area contributed by atoms with Gasteiger partial charge in [0.1, 0.15) is 11.4 Å². The highest BCUT2D eigenvalue weighted by molar-refractivity contribution is 5.88. The van der Waals surface area contributed by atoms with Crippen molar-refractivity contribution in [2.75, 3.05) is 11.4 Å². The van der Waals surface area contributed by atoms with Gasteiger partial charge < -0.3 is 10.1 Å². The Kier molecular flexibility index (Phi) is 5.62. The summed E-state index contributed by atoms with van der Waals surface area (Å²) in [7, 11) is 0. The Bertz CT molecular complexity index is 585. The van der Waals surface area contributed by atoms with Crippen LogP contribution in [-0.4, -0.2) is 29.3 Å². The summed E-state index contributed by atoms with van der Waals surface area (Å²) in [6.45, 7) is 6.78. The highest BCUT2D eigenvalue weighted by atomic mass is 16.6. The molecule has 25 heavy (non-hydrogen) atoms. The molecule has 1 saturated heterocycles. The normalized spacial score (nSPS) is 22.0. The van der Waals surface area contributed by atoms with Crippen LogP contribution in [0.4, 0.5) is 10.6 Å². The Labute approximate surface area is 151 Å². The monoisotopic (exact) mass is 345 g/mol. The van der Waals surface area contributed by atoms with E-state index >= 15 is 0 Å². The summed E-state index contributed by atoms with van der Waals surface area (Å²) in [6.07, 6.45) is 9.38. The largest absolute Gasteiger partial charge is 0.443 e. The number of carbonyl (C=O) groups is 1. The molecule has 5 nitrogen and oxygen atoms in total. The van der Waals surface area contributed by atoms with Crippen LogP contribution in [0.25, 0.3) is 0 Å². The van der Waals surface area contributed by atoms with Crippen LogP contribution in [0.5, 0.6) is 0 Å². The summed E-state index contributed by atoms with van der Waals surface area (Å²) in [5.41, 5.74) is 0.612. The standard InChI is InChI=1S/C20H31N3O2/c1-20(2,3)25-19(24)23(15-9-5-4-6-10-15)18-16(11-7-14-22-18)17-12-8-13-21-17/h7,11,14-15,17,21H,4-6,8-10,12-13H2,1-3H3/t17-/m1/s1. The van der Waals surface area contributed by atoms with Crippen molar-refractivity contribution in [3.8, 4) is 0 Å². The second-order valence-electron chi connectivity index (χ2n) is 8.21. The predicted molar refractivity (Wildman–Crippen MR) is 99.8 cm³/mol. The molecule has 0 radical (unpaired) electrons. The molecule has 1 saturated carbocycles. The van der Waals surface area contributed by atoms with E-state index in [1.54, 1.807) is 6.20 Å². The zero-order valence-corrected chi connectivity index (χ0v) is 15.8. The molecule has 0 unspecified atom stereocenters. The average Bonchev–Trinajstić information content (AvgIpc) is 3.09. The second kappa shape index (κ2) is 7.73. The van der Waals surface area contributed by atoms with E-state index in [4.69, 9.17) is 4.74 Å². The lowest BCUT2D eigenvalue weighted by Gasteiger charge is -2.36. The summed E-state index contributed by atoms with van der Waals surface area (Å²) < 4.78 is 5.75. The quantitative estimate of drug-likeness (QED) is 0.871. The lowest BCUT2D eigenvalue weighted by atomic mass is 9.93. The van der Waals surface area contributed by atoms with Crippen molar-refractivity contribution in [1.82, 2.24) is 10.3 Å². The van der Waals surface area contributed by atoms with Gasteiger partial charge in [-0.3, -0.25) is 4.90 Å². The topological polar surface area (TPSA) is 54.5 Å².